The van der Waals surface area contributed by atoms with Gasteiger partial charge in [-0.15, -0.1) is 0 Å². The quantitative estimate of drug-likeness (QED) is 0.743. The van der Waals surface area contributed by atoms with Crippen molar-refractivity contribution in [3.05, 3.63) is 36.2 Å². The molecule has 158 valence electrons. The summed E-state index contributed by atoms with van der Waals surface area (Å²) in [5.41, 5.74) is 1.37. The van der Waals surface area contributed by atoms with Crippen molar-refractivity contribution in [2.75, 3.05) is 32.7 Å². The number of hydrogen-bond donors (Lipinski definition) is 0. The van der Waals surface area contributed by atoms with Gasteiger partial charge in [0.1, 0.15) is 12.3 Å². The van der Waals surface area contributed by atoms with Crippen LogP contribution in [-0.2, 0) is 9.59 Å². The SMILES string of the molecule is CC(C)N1CCN(C(=O)CN2N=C(c3nc(-c4ccccc4)no3)CCC2=O)CC1. The van der Waals surface area contributed by atoms with Gasteiger partial charge in [0.2, 0.25) is 17.6 Å². The Bertz CT molecular complexity index is 931. The Labute approximate surface area is 175 Å². The summed E-state index contributed by atoms with van der Waals surface area (Å²) < 4.78 is 5.37. The van der Waals surface area contributed by atoms with Gasteiger partial charge in [-0.3, -0.25) is 14.5 Å². The van der Waals surface area contributed by atoms with E-state index in [1.165, 1.54) is 5.01 Å². The minimum Gasteiger partial charge on any atom is -0.339 e. The van der Waals surface area contributed by atoms with Crippen LogP contribution in [0.15, 0.2) is 40.0 Å². The first kappa shape index (κ1) is 20.2. The third-order valence-corrected chi connectivity index (χ3v) is 5.49. The van der Waals surface area contributed by atoms with Crippen molar-refractivity contribution in [3.63, 3.8) is 0 Å². The maximum Gasteiger partial charge on any atom is 0.274 e. The van der Waals surface area contributed by atoms with Crippen LogP contribution >= 0.6 is 0 Å². The summed E-state index contributed by atoms with van der Waals surface area (Å²) in [6.07, 6.45) is 0.670. The van der Waals surface area contributed by atoms with Gasteiger partial charge < -0.3 is 9.42 Å². The van der Waals surface area contributed by atoms with E-state index in [0.29, 0.717) is 37.1 Å². The van der Waals surface area contributed by atoms with Crippen molar-refractivity contribution < 1.29 is 14.1 Å². The molecule has 0 saturated carbocycles. The summed E-state index contributed by atoms with van der Waals surface area (Å²) in [5.74, 6) is 0.489. The van der Waals surface area contributed by atoms with E-state index in [9.17, 15) is 9.59 Å². The van der Waals surface area contributed by atoms with Crippen LogP contribution < -0.4 is 0 Å². The monoisotopic (exact) mass is 410 g/mol. The van der Waals surface area contributed by atoms with Gasteiger partial charge in [-0.1, -0.05) is 35.5 Å². The third-order valence-electron chi connectivity index (χ3n) is 5.49. The van der Waals surface area contributed by atoms with Crippen molar-refractivity contribution in [3.8, 4) is 11.4 Å². The van der Waals surface area contributed by atoms with Crippen LogP contribution in [0.4, 0.5) is 0 Å². The molecule has 0 spiro atoms. The first-order valence-corrected chi connectivity index (χ1v) is 10.3. The van der Waals surface area contributed by atoms with E-state index in [0.717, 1.165) is 18.7 Å². The highest BCUT2D eigenvalue weighted by molar-refractivity contribution is 6.01. The summed E-state index contributed by atoms with van der Waals surface area (Å²) in [6, 6.07) is 9.97. The van der Waals surface area contributed by atoms with E-state index < -0.39 is 0 Å². The fraction of sp³-hybridized carbons (Fsp3) is 0.476. The van der Waals surface area contributed by atoms with E-state index in [4.69, 9.17) is 4.52 Å². The number of piperazine rings is 1. The Morgan fingerprint density at radius 2 is 1.83 bits per heavy atom. The summed E-state index contributed by atoms with van der Waals surface area (Å²) in [6.45, 7) is 7.26. The van der Waals surface area contributed by atoms with Crippen molar-refractivity contribution in [2.24, 2.45) is 5.10 Å². The zero-order chi connectivity index (χ0) is 21.1. The Balaban J connectivity index is 1.43. The molecule has 2 amide bonds. The number of benzene rings is 1. The van der Waals surface area contributed by atoms with Gasteiger partial charge in [0.05, 0.1) is 0 Å². The maximum absolute atomic E-state index is 12.7. The van der Waals surface area contributed by atoms with Crippen LogP contribution in [0.1, 0.15) is 32.6 Å². The molecule has 4 rings (SSSR count). The normalized spacial score (nSPS) is 18.1. The zero-order valence-corrected chi connectivity index (χ0v) is 17.3. The molecule has 2 aliphatic rings. The molecule has 0 unspecified atom stereocenters. The summed E-state index contributed by atoms with van der Waals surface area (Å²) in [7, 11) is 0. The lowest BCUT2D eigenvalue weighted by atomic mass is 10.1. The molecule has 0 atom stereocenters. The average Bonchev–Trinajstić information content (AvgIpc) is 3.26. The molecule has 0 aliphatic carbocycles. The predicted octanol–water partition coefficient (Wildman–Crippen LogP) is 1.62. The van der Waals surface area contributed by atoms with Crippen LogP contribution in [0.5, 0.6) is 0 Å². The van der Waals surface area contributed by atoms with Crippen LogP contribution in [0, 0.1) is 0 Å². The molecule has 0 bridgehead atoms. The molecule has 9 heteroatoms. The van der Waals surface area contributed by atoms with Crippen LogP contribution in [0.2, 0.25) is 0 Å². The largest absolute Gasteiger partial charge is 0.339 e. The van der Waals surface area contributed by atoms with Gasteiger partial charge in [-0.05, 0) is 13.8 Å². The van der Waals surface area contributed by atoms with E-state index in [-0.39, 0.29) is 30.7 Å². The highest BCUT2D eigenvalue weighted by atomic mass is 16.5. The molecular formula is C21H26N6O3. The Morgan fingerprint density at radius 1 is 1.10 bits per heavy atom. The average molecular weight is 410 g/mol. The Hall–Kier alpha value is -3.07. The molecule has 1 aromatic carbocycles. The standard InChI is InChI=1S/C21H26N6O3/c1-15(2)25-10-12-26(13-11-25)19(29)14-27-18(28)9-8-17(23-27)21-22-20(24-30-21)16-6-4-3-5-7-16/h3-7,15H,8-14H2,1-2H3. The summed E-state index contributed by atoms with van der Waals surface area (Å²) in [4.78, 5) is 33.6. The lowest BCUT2D eigenvalue weighted by Crippen LogP contribution is -2.53. The summed E-state index contributed by atoms with van der Waals surface area (Å²) >= 11 is 0. The number of carbonyl (C=O) groups is 2. The van der Waals surface area contributed by atoms with Gasteiger partial charge in [-0.2, -0.15) is 10.1 Å². The number of nitrogens with zero attached hydrogens (tertiary/aromatic N) is 6. The number of hydrazone groups is 1. The predicted molar refractivity (Wildman–Crippen MR) is 111 cm³/mol. The van der Waals surface area contributed by atoms with Crippen molar-refractivity contribution >= 4 is 17.5 Å². The molecule has 1 saturated heterocycles. The van der Waals surface area contributed by atoms with Gasteiger partial charge in [-0.25, -0.2) is 5.01 Å². The van der Waals surface area contributed by atoms with Gasteiger partial charge in [0, 0.05) is 50.6 Å². The van der Waals surface area contributed by atoms with Gasteiger partial charge in [0.15, 0.2) is 0 Å². The molecule has 0 N–H and O–H groups in total. The number of carbonyl (C=O) groups excluding carboxylic acids is 2. The number of aromatic nitrogens is 2. The first-order valence-electron chi connectivity index (χ1n) is 10.3. The molecular weight excluding hydrogens is 384 g/mol. The topological polar surface area (TPSA) is 95.1 Å². The first-order chi connectivity index (χ1) is 14.5. The number of hydrogen-bond acceptors (Lipinski definition) is 7. The van der Waals surface area contributed by atoms with Crippen LogP contribution in [-0.4, -0.2) is 81.2 Å². The molecule has 2 aromatic rings. The molecule has 3 heterocycles. The van der Waals surface area contributed by atoms with Crippen molar-refractivity contribution in [2.45, 2.75) is 32.7 Å². The lowest BCUT2D eigenvalue weighted by Gasteiger charge is -2.37. The highest BCUT2D eigenvalue weighted by Gasteiger charge is 2.29. The van der Waals surface area contributed by atoms with Gasteiger partial charge in [0.25, 0.3) is 5.89 Å². The second kappa shape index (κ2) is 8.74. The van der Waals surface area contributed by atoms with Gasteiger partial charge >= 0.3 is 0 Å². The van der Waals surface area contributed by atoms with Crippen molar-refractivity contribution in [1.29, 1.82) is 0 Å². The maximum atomic E-state index is 12.7. The second-order valence-corrected chi connectivity index (χ2v) is 7.80. The lowest BCUT2D eigenvalue weighted by molar-refractivity contribution is -0.142. The summed E-state index contributed by atoms with van der Waals surface area (Å²) in [5, 5.41) is 9.61. The third kappa shape index (κ3) is 4.40. The number of amides is 2. The van der Waals surface area contributed by atoms with Crippen LogP contribution in [0.25, 0.3) is 11.4 Å². The van der Waals surface area contributed by atoms with E-state index in [1.54, 1.807) is 4.90 Å². The number of rotatable bonds is 5. The zero-order valence-electron chi connectivity index (χ0n) is 17.3. The minimum atomic E-state index is -0.171. The van der Waals surface area contributed by atoms with E-state index >= 15 is 0 Å². The minimum absolute atomic E-state index is 0.0658. The van der Waals surface area contributed by atoms with Crippen LogP contribution in [0.3, 0.4) is 0 Å². The molecule has 9 nitrogen and oxygen atoms in total. The molecule has 0 radical (unpaired) electrons. The van der Waals surface area contributed by atoms with Crippen molar-refractivity contribution in [1.82, 2.24) is 24.9 Å². The fourth-order valence-electron chi connectivity index (χ4n) is 3.64. The van der Waals surface area contributed by atoms with E-state index in [2.05, 4.69) is 34.0 Å². The Morgan fingerprint density at radius 3 is 2.53 bits per heavy atom. The smallest absolute Gasteiger partial charge is 0.274 e. The molecule has 1 fully saturated rings. The fourth-order valence-corrected chi connectivity index (χ4v) is 3.64. The molecule has 1 aromatic heterocycles. The highest BCUT2D eigenvalue weighted by Crippen LogP contribution is 2.19. The van der Waals surface area contributed by atoms with E-state index in [1.807, 2.05) is 30.3 Å². The molecule has 30 heavy (non-hydrogen) atoms. The Kier molecular flexibility index (Phi) is 5.89. The molecule has 2 aliphatic heterocycles. The second-order valence-electron chi connectivity index (χ2n) is 7.80.